The van der Waals surface area contributed by atoms with Crippen molar-refractivity contribution in [2.24, 2.45) is 0 Å². The molecular weight excluding hydrogens is 268 g/mol. The molecule has 0 aliphatic carbocycles. The average Bonchev–Trinajstić information content (AvgIpc) is 2.61. The Balaban J connectivity index is 2.28. The smallest absolute Gasteiger partial charge is 0.224 e. The Bertz CT molecular complexity index is 464. The summed E-state index contributed by atoms with van der Waals surface area (Å²) in [4.78, 5) is 6.25. The molecule has 0 aliphatic rings. The largest absolute Gasteiger partial charge is 0.347 e. The van der Waals surface area contributed by atoms with Gasteiger partial charge in [0, 0.05) is 14.1 Å². The van der Waals surface area contributed by atoms with Crippen LogP contribution >= 0.6 is 15.9 Å². The molecule has 16 heavy (non-hydrogen) atoms. The van der Waals surface area contributed by atoms with Gasteiger partial charge in [-0.15, -0.1) is 5.10 Å². The molecule has 0 atom stereocenters. The number of halogens is 1. The molecule has 1 aromatic carbocycles. The molecule has 0 fully saturated rings. The Morgan fingerprint density at radius 1 is 1.25 bits per heavy atom. The first kappa shape index (κ1) is 11.1. The average molecular weight is 281 g/mol. The van der Waals surface area contributed by atoms with Crippen molar-refractivity contribution in [1.29, 1.82) is 0 Å². The van der Waals surface area contributed by atoms with E-state index >= 15 is 0 Å². The van der Waals surface area contributed by atoms with Crippen molar-refractivity contribution in [3.05, 3.63) is 40.6 Å². The van der Waals surface area contributed by atoms with Gasteiger partial charge in [0.05, 0.1) is 6.54 Å². The van der Waals surface area contributed by atoms with Crippen LogP contribution in [0, 0.1) is 0 Å². The minimum absolute atomic E-state index is 0.618. The van der Waals surface area contributed by atoms with E-state index in [9.17, 15) is 0 Å². The molecule has 0 spiro atoms. The van der Waals surface area contributed by atoms with E-state index in [2.05, 4.69) is 38.1 Å². The van der Waals surface area contributed by atoms with Crippen LogP contribution in [0.4, 0.5) is 5.95 Å². The summed E-state index contributed by atoms with van der Waals surface area (Å²) < 4.78 is 2.49. The van der Waals surface area contributed by atoms with Crippen molar-refractivity contribution in [2.45, 2.75) is 6.54 Å². The third kappa shape index (κ3) is 2.41. The van der Waals surface area contributed by atoms with Crippen LogP contribution in [0.15, 0.2) is 35.1 Å². The first-order chi connectivity index (χ1) is 7.66. The molecule has 0 aliphatic heterocycles. The van der Waals surface area contributed by atoms with Gasteiger partial charge in [-0.05, 0) is 21.5 Å². The van der Waals surface area contributed by atoms with Crippen LogP contribution in [0.1, 0.15) is 5.56 Å². The molecule has 0 amide bonds. The summed E-state index contributed by atoms with van der Waals surface area (Å²) in [6.07, 6.45) is 0. The zero-order valence-corrected chi connectivity index (χ0v) is 10.8. The second-order valence-electron chi connectivity index (χ2n) is 3.72. The maximum Gasteiger partial charge on any atom is 0.224 e. The predicted molar refractivity (Wildman–Crippen MR) is 67.6 cm³/mol. The quantitative estimate of drug-likeness (QED) is 0.864. The molecule has 0 N–H and O–H groups in total. The van der Waals surface area contributed by atoms with Gasteiger partial charge in [-0.2, -0.15) is 4.98 Å². The fourth-order valence-corrected chi connectivity index (χ4v) is 1.85. The Hall–Kier alpha value is -1.36. The number of aromatic nitrogens is 3. The summed E-state index contributed by atoms with van der Waals surface area (Å²) in [5.41, 5.74) is 1.21. The Kier molecular flexibility index (Phi) is 3.24. The Morgan fingerprint density at radius 3 is 2.56 bits per heavy atom. The highest BCUT2D eigenvalue weighted by Crippen LogP contribution is 2.14. The fourth-order valence-electron chi connectivity index (χ4n) is 1.50. The van der Waals surface area contributed by atoms with Crippen molar-refractivity contribution >= 4 is 21.9 Å². The summed E-state index contributed by atoms with van der Waals surface area (Å²) in [6.45, 7) is 0.729. The van der Waals surface area contributed by atoms with E-state index in [1.165, 1.54) is 5.56 Å². The number of benzene rings is 1. The van der Waals surface area contributed by atoms with Crippen LogP contribution in [0.5, 0.6) is 0 Å². The van der Waals surface area contributed by atoms with Gasteiger partial charge < -0.3 is 4.90 Å². The number of anilines is 1. The van der Waals surface area contributed by atoms with Gasteiger partial charge >= 0.3 is 0 Å². The lowest BCUT2D eigenvalue weighted by molar-refractivity contribution is 0.674. The van der Waals surface area contributed by atoms with Gasteiger partial charge in [0.15, 0.2) is 0 Å². The molecule has 0 unspecified atom stereocenters. The van der Waals surface area contributed by atoms with E-state index in [1.54, 1.807) is 0 Å². The molecule has 5 heteroatoms. The van der Waals surface area contributed by atoms with Crippen LogP contribution < -0.4 is 4.90 Å². The molecule has 4 nitrogen and oxygen atoms in total. The van der Waals surface area contributed by atoms with Gasteiger partial charge in [-0.1, -0.05) is 30.3 Å². The number of nitrogens with zero attached hydrogens (tertiary/aromatic N) is 4. The highest BCUT2D eigenvalue weighted by atomic mass is 79.9. The maximum absolute atomic E-state index is 4.31. The predicted octanol–water partition coefficient (Wildman–Crippen LogP) is 2.15. The van der Waals surface area contributed by atoms with Gasteiger partial charge in [-0.25, -0.2) is 4.68 Å². The minimum atomic E-state index is 0.618. The highest BCUT2D eigenvalue weighted by molar-refractivity contribution is 9.10. The van der Waals surface area contributed by atoms with Crippen molar-refractivity contribution in [3.63, 3.8) is 0 Å². The Labute approximate surface area is 103 Å². The van der Waals surface area contributed by atoms with Crippen LogP contribution in [0.2, 0.25) is 0 Å². The molecule has 0 radical (unpaired) electrons. The Morgan fingerprint density at radius 2 is 1.94 bits per heavy atom. The number of hydrogen-bond acceptors (Lipinski definition) is 3. The van der Waals surface area contributed by atoms with Crippen molar-refractivity contribution in [3.8, 4) is 0 Å². The first-order valence-corrected chi connectivity index (χ1v) is 5.77. The zero-order valence-electron chi connectivity index (χ0n) is 9.26. The summed E-state index contributed by atoms with van der Waals surface area (Å²) in [6, 6.07) is 10.2. The SMILES string of the molecule is CN(C)c1nc(Br)nn1Cc1ccccc1. The summed E-state index contributed by atoms with van der Waals surface area (Å²) in [5.74, 6) is 0.843. The normalized spacial score (nSPS) is 10.4. The fraction of sp³-hybridized carbons (Fsp3) is 0.273. The molecule has 2 rings (SSSR count). The molecule has 2 aromatic rings. The van der Waals surface area contributed by atoms with Crippen molar-refractivity contribution in [2.75, 3.05) is 19.0 Å². The van der Waals surface area contributed by atoms with Crippen molar-refractivity contribution < 1.29 is 0 Å². The molecular formula is C11H13BrN4. The molecule has 0 bridgehead atoms. The molecule has 0 saturated heterocycles. The van der Waals surface area contributed by atoms with E-state index in [-0.39, 0.29) is 0 Å². The molecule has 1 aromatic heterocycles. The van der Waals surface area contributed by atoms with E-state index in [0.29, 0.717) is 4.73 Å². The minimum Gasteiger partial charge on any atom is -0.347 e. The van der Waals surface area contributed by atoms with E-state index in [1.807, 2.05) is 41.9 Å². The summed E-state index contributed by atoms with van der Waals surface area (Å²) in [5, 5.41) is 4.31. The highest BCUT2D eigenvalue weighted by Gasteiger charge is 2.09. The van der Waals surface area contributed by atoms with Crippen LogP contribution in [0.25, 0.3) is 0 Å². The van der Waals surface area contributed by atoms with Crippen LogP contribution in [-0.2, 0) is 6.54 Å². The third-order valence-corrected chi connectivity index (χ3v) is 2.54. The number of hydrogen-bond donors (Lipinski definition) is 0. The van der Waals surface area contributed by atoms with Crippen LogP contribution in [-0.4, -0.2) is 28.9 Å². The topological polar surface area (TPSA) is 34.0 Å². The van der Waals surface area contributed by atoms with Crippen LogP contribution in [0.3, 0.4) is 0 Å². The standard InChI is InChI=1S/C11H13BrN4/c1-15(2)11-13-10(12)14-16(11)8-9-6-4-3-5-7-9/h3-7H,8H2,1-2H3. The number of rotatable bonds is 3. The third-order valence-electron chi connectivity index (χ3n) is 2.20. The van der Waals surface area contributed by atoms with Crippen molar-refractivity contribution in [1.82, 2.24) is 14.8 Å². The monoisotopic (exact) mass is 280 g/mol. The lowest BCUT2D eigenvalue weighted by atomic mass is 10.2. The van der Waals surface area contributed by atoms with Gasteiger partial charge in [0.2, 0.25) is 10.7 Å². The first-order valence-electron chi connectivity index (χ1n) is 4.98. The summed E-state index contributed by atoms with van der Waals surface area (Å²) in [7, 11) is 3.91. The molecule has 1 heterocycles. The van der Waals surface area contributed by atoms with Gasteiger partial charge in [-0.3, -0.25) is 0 Å². The molecule has 0 saturated carbocycles. The summed E-state index contributed by atoms with van der Waals surface area (Å²) >= 11 is 3.29. The lowest BCUT2D eigenvalue weighted by Crippen LogP contribution is -2.16. The lowest BCUT2D eigenvalue weighted by Gasteiger charge is -2.12. The maximum atomic E-state index is 4.31. The zero-order chi connectivity index (χ0) is 11.5. The van der Waals surface area contributed by atoms with E-state index in [0.717, 1.165) is 12.5 Å². The van der Waals surface area contributed by atoms with E-state index in [4.69, 9.17) is 0 Å². The second-order valence-corrected chi connectivity index (χ2v) is 4.43. The second kappa shape index (κ2) is 4.65. The van der Waals surface area contributed by atoms with Gasteiger partial charge in [0.25, 0.3) is 0 Å². The molecule has 84 valence electrons. The van der Waals surface area contributed by atoms with Gasteiger partial charge in [0.1, 0.15) is 0 Å². The van der Waals surface area contributed by atoms with E-state index < -0.39 is 0 Å².